The number of aliphatic hydroxyl groups is 1. The molecule has 0 radical (unpaired) electrons. The van der Waals surface area contributed by atoms with E-state index in [2.05, 4.69) is 52.1 Å². The molecule has 1 N–H and O–H groups in total. The molecule has 0 aromatic carbocycles. The van der Waals surface area contributed by atoms with Crippen LogP contribution in [-0.4, -0.2) is 195 Å². The van der Waals surface area contributed by atoms with Crippen molar-refractivity contribution >= 4 is 46.2 Å². The molecule has 4 aromatic heterocycles. The number of imidazole rings is 1. The first-order valence-electron chi connectivity index (χ1n) is 27.6. The number of ether oxygens (including phenoxy) is 5. The molecule has 4 aromatic rings. The van der Waals surface area contributed by atoms with Gasteiger partial charge in [0.25, 0.3) is 0 Å². The van der Waals surface area contributed by atoms with Crippen LogP contribution < -0.4 is 0 Å². The predicted octanol–water partition coefficient (Wildman–Crippen LogP) is 5.33. The van der Waals surface area contributed by atoms with Crippen LogP contribution in [0.5, 0.6) is 0 Å². The average Bonchev–Trinajstić information content (AvgIpc) is 4.28. The molecule has 4 saturated heterocycles. The smallest absolute Gasteiger partial charge is 0.410 e. The molecular formula is C56H80IN11O10. The third-order valence-electron chi connectivity index (χ3n) is 16.7. The summed E-state index contributed by atoms with van der Waals surface area (Å²) in [5, 5.41) is 21.1. The van der Waals surface area contributed by atoms with Gasteiger partial charge in [0.2, 0.25) is 0 Å². The molecule has 0 spiro atoms. The number of unbranched alkanes of at least 4 members (excludes halogenated alkanes) is 1. The first-order chi connectivity index (χ1) is 37.3. The average molecular weight is 1190 g/mol. The highest BCUT2D eigenvalue weighted by molar-refractivity contribution is 14.1. The number of cyclic esters (lactones) is 1. The van der Waals surface area contributed by atoms with E-state index in [1.54, 1.807) is 51.3 Å². The van der Waals surface area contributed by atoms with Crippen LogP contribution in [0.2, 0.25) is 0 Å². The zero-order valence-corrected chi connectivity index (χ0v) is 48.9. The van der Waals surface area contributed by atoms with Gasteiger partial charge in [0.15, 0.2) is 21.8 Å². The molecule has 0 aliphatic carbocycles. The Bertz CT molecular complexity index is 2620. The molecule has 426 valence electrons. The first-order valence-corrected chi connectivity index (χ1v) is 28.8. The number of likely N-dealkylation sites (N-methyl/N-ethyl adjacent to an activating group) is 1. The number of carbonyl (C=O) groups is 4. The molecule has 13 atom stereocenters. The van der Waals surface area contributed by atoms with E-state index in [1.807, 2.05) is 89.7 Å². The number of fused-ring (bicyclic) bond motifs is 1. The Balaban J connectivity index is 0.912. The van der Waals surface area contributed by atoms with Crippen LogP contribution in [0.15, 0.2) is 67.8 Å². The van der Waals surface area contributed by atoms with Crippen molar-refractivity contribution in [1.82, 2.24) is 54.1 Å². The first kappa shape index (κ1) is 59.3. The van der Waals surface area contributed by atoms with Gasteiger partial charge in [-0.25, -0.2) is 9.78 Å². The Kier molecular flexibility index (Phi) is 19.9. The molecule has 21 nitrogen and oxygen atoms in total. The number of piperazine rings is 1. The van der Waals surface area contributed by atoms with Crippen molar-refractivity contribution < 1.29 is 48.0 Å². The van der Waals surface area contributed by atoms with Crippen molar-refractivity contribution in [3.63, 3.8) is 0 Å². The van der Waals surface area contributed by atoms with Gasteiger partial charge < -0.3 is 43.2 Å². The van der Waals surface area contributed by atoms with Crippen LogP contribution in [0.3, 0.4) is 0 Å². The topological polar surface area (TPSA) is 222 Å². The van der Waals surface area contributed by atoms with Gasteiger partial charge in [-0.1, -0.05) is 26.0 Å². The lowest BCUT2D eigenvalue weighted by Crippen LogP contribution is -2.60. The van der Waals surface area contributed by atoms with Crippen molar-refractivity contribution in [2.75, 3.05) is 60.0 Å². The number of ketones is 2. The minimum Gasteiger partial charge on any atom is -0.447 e. The van der Waals surface area contributed by atoms with Gasteiger partial charge in [0, 0.05) is 139 Å². The number of pyridine rings is 2. The molecule has 0 bridgehead atoms. The van der Waals surface area contributed by atoms with E-state index < -0.39 is 87.4 Å². The Hall–Kier alpha value is -4.82. The number of carbonyl (C=O) groups excluding carboxylic acids is 4. The van der Waals surface area contributed by atoms with Crippen molar-refractivity contribution in [3.8, 4) is 11.3 Å². The molecule has 78 heavy (non-hydrogen) atoms. The third kappa shape index (κ3) is 13.8. The highest BCUT2D eigenvalue weighted by Gasteiger charge is 2.60. The number of aliphatic hydroxyl groups excluding tert-OH is 1. The normalized spacial score (nSPS) is 32.0. The fraction of sp³-hybridized carbons (Fsp3) is 0.661. The Morgan fingerprint density at radius 1 is 0.885 bits per heavy atom. The van der Waals surface area contributed by atoms with Crippen LogP contribution in [0.4, 0.5) is 4.79 Å². The molecule has 22 heteroatoms. The summed E-state index contributed by atoms with van der Waals surface area (Å²) in [6.07, 6.45) is 10.9. The van der Waals surface area contributed by atoms with E-state index in [9.17, 15) is 24.3 Å². The van der Waals surface area contributed by atoms with Crippen LogP contribution >= 0.6 is 22.6 Å². The second-order valence-electron chi connectivity index (χ2n) is 22.5. The lowest BCUT2D eigenvalue weighted by atomic mass is 9.74. The zero-order valence-electron chi connectivity index (χ0n) is 46.7. The number of hydrogen-bond acceptors (Lipinski definition) is 18. The van der Waals surface area contributed by atoms with Crippen LogP contribution in [0, 0.1) is 23.7 Å². The molecule has 4 aliphatic heterocycles. The lowest BCUT2D eigenvalue weighted by molar-refractivity contribution is -0.296. The second kappa shape index (κ2) is 26.2. The van der Waals surface area contributed by atoms with E-state index in [-0.39, 0.29) is 24.9 Å². The van der Waals surface area contributed by atoms with Gasteiger partial charge in [0.1, 0.15) is 17.8 Å². The maximum Gasteiger partial charge on any atom is 0.410 e. The largest absolute Gasteiger partial charge is 0.447 e. The molecule has 0 unspecified atom stereocenters. The monoisotopic (exact) mass is 1190 g/mol. The summed E-state index contributed by atoms with van der Waals surface area (Å²) < 4.78 is 34.5. The van der Waals surface area contributed by atoms with Crippen molar-refractivity contribution in [3.05, 3.63) is 79.0 Å². The van der Waals surface area contributed by atoms with E-state index in [1.165, 1.54) is 19.6 Å². The molecule has 8 rings (SSSR count). The van der Waals surface area contributed by atoms with E-state index in [0.29, 0.717) is 38.8 Å². The minimum atomic E-state index is -1.45. The number of alkyl halides is 1. The fourth-order valence-corrected chi connectivity index (χ4v) is 12.7. The maximum absolute atomic E-state index is 14.9. The third-order valence-corrected chi connectivity index (χ3v) is 18.2. The van der Waals surface area contributed by atoms with Crippen molar-refractivity contribution in [2.45, 2.75) is 152 Å². The minimum absolute atomic E-state index is 0.0949. The van der Waals surface area contributed by atoms with Crippen LogP contribution in [0.25, 0.3) is 11.3 Å². The number of rotatable bonds is 18. The molecule has 8 heterocycles. The van der Waals surface area contributed by atoms with Crippen LogP contribution in [0.1, 0.15) is 85.4 Å². The summed E-state index contributed by atoms with van der Waals surface area (Å²) in [7, 11) is 3.45. The number of esters is 1. The Morgan fingerprint density at radius 3 is 2.33 bits per heavy atom. The molecule has 0 saturated carbocycles. The number of amides is 1. The van der Waals surface area contributed by atoms with E-state index in [4.69, 9.17) is 23.7 Å². The van der Waals surface area contributed by atoms with Gasteiger partial charge in [0.05, 0.1) is 48.1 Å². The Morgan fingerprint density at radius 2 is 1.62 bits per heavy atom. The number of nitrogens with zero attached hydrogens (tertiary/aromatic N) is 11. The van der Waals surface area contributed by atoms with Gasteiger partial charge >= 0.3 is 12.1 Å². The summed E-state index contributed by atoms with van der Waals surface area (Å²) in [5.74, 6) is -5.22. The number of aromatic nitrogens is 7. The summed E-state index contributed by atoms with van der Waals surface area (Å²) in [5.41, 5.74) is 1.05. The molecule has 1 amide bonds. The lowest BCUT2D eigenvalue weighted by Gasteiger charge is -2.47. The number of halogens is 1. The molecule has 4 aliphatic rings. The number of aryl methyl sites for hydroxylation is 1. The standard InChI is InChI=1S/C56H80IN11O10/c1-36-30-55(6,74-9)50(76-52-48(71)45(29-37(2)75-52)63(8)22-16-43-33-67(62-61-43)28-27-64-23-25-65(26-24-64)32-41-14-18-58-19-15-41)39(4)47(70)40(5)51(72)77-53(57)56(7)49(38(3)46(36)69)68(54(73)78-56)21-11-10-20-66-34-44(60-35-66)42-13-12-17-59-31-42/h12-15,17-19,31,33-40,45,48-50,52-53,71H,10-11,16,20-30,32H2,1-9H3/t36-,37-,38+,39+,40-,45+,48-,49-,50-,52+,53+,55-,56+/m1/s1. The SMILES string of the molecule is CO[C@]1(C)C[C@@H](C)C(=O)[C@H](C)[C@H]2N(CCCCn3cnc(-c4cccnc4)c3)C(=O)O[C@]2(C)[C@@H](I)OC(=O)[C@H](C)C(=O)[C@H](C)[C@H]1O[C@@H]1O[C@H](C)C[C@H](N(C)CCc2cn(CCN3CCN(Cc4ccncc4)CC3)nn2)[C@H]1O. The quantitative estimate of drug-likeness (QED) is 0.0437. The van der Waals surface area contributed by atoms with E-state index >= 15 is 0 Å². The van der Waals surface area contributed by atoms with Crippen LogP contribution in [-0.2, 0) is 64.1 Å². The van der Waals surface area contributed by atoms with E-state index in [0.717, 1.165) is 62.8 Å². The summed E-state index contributed by atoms with van der Waals surface area (Å²) in [6, 6.07) is 6.72. The summed E-state index contributed by atoms with van der Waals surface area (Å²) in [4.78, 5) is 79.0. The highest BCUT2D eigenvalue weighted by atomic mass is 127. The molecular weight excluding hydrogens is 1110 g/mol. The number of hydrogen-bond donors (Lipinski definition) is 1. The second-order valence-corrected chi connectivity index (χ2v) is 23.6. The van der Waals surface area contributed by atoms with Crippen molar-refractivity contribution in [2.24, 2.45) is 23.7 Å². The maximum atomic E-state index is 14.9. The van der Waals surface area contributed by atoms with Gasteiger partial charge in [-0.3, -0.25) is 38.8 Å². The fourth-order valence-electron chi connectivity index (χ4n) is 11.9. The summed E-state index contributed by atoms with van der Waals surface area (Å²) >= 11 is 1.94. The number of methoxy groups -OCH3 is 1. The highest BCUT2D eigenvalue weighted by Crippen LogP contribution is 2.44. The van der Waals surface area contributed by atoms with Gasteiger partial charge in [-0.2, -0.15) is 0 Å². The van der Waals surface area contributed by atoms with Gasteiger partial charge in [-0.15, -0.1) is 5.10 Å². The molecule has 4 fully saturated rings. The summed E-state index contributed by atoms with van der Waals surface area (Å²) in [6.45, 7) is 20.2. The van der Waals surface area contributed by atoms with Gasteiger partial charge in [-0.05, 0) is 113 Å². The number of Topliss-reactive ketones (excluding diaryl/α,β-unsaturated/α-hetero) is 2. The predicted molar refractivity (Wildman–Crippen MR) is 297 cm³/mol. The zero-order chi connectivity index (χ0) is 55.9. The Labute approximate surface area is 472 Å². The van der Waals surface area contributed by atoms with Crippen molar-refractivity contribution in [1.29, 1.82) is 0 Å².